The highest BCUT2D eigenvalue weighted by Gasteiger charge is 2.14. The lowest BCUT2D eigenvalue weighted by Gasteiger charge is -2.11. The van der Waals surface area contributed by atoms with E-state index in [1.54, 1.807) is 30.3 Å². The molecule has 8 nitrogen and oxygen atoms in total. The van der Waals surface area contributed by atoms with Crippen LogP contribution in [0, 0.1) is 0 Å². The van der Waals surface area contributed by atoms with Crippen LogP contribution in [-0.2, 0) is 14.3 Å². The first-order valence-electron chi connectivity index (χ1n) is 8.13. The van der Waals surface area contributed by atoms with Crippen molar-refractivity contribution in [2.24, 2.45) is 5.73 Å². The SMILES string of the molecule is COc1cc(OC)cc(C(=O)OCC(=O)Nc2ccccc2SCC(N)=O)c1. The summed E-state index contributed by atoms with van der Waals surface area (Å²) in [5, 5.41) is 2.65. The van der Waals surface area contributed by atoms with E-state index in [9.17, 15) is 14.4 Å². The van der Waals surface area contributed by atoms with Gasteiger partial charge in [-0.1, -0.05) is 12.1 Å². The molecule has 0 saturated heterocycles. The van der Waals surface area contributed by atoms with Gasteiger partial charge < -0.3 is 25.3 Å². The van der Waals surface area contributed by atoms with Gasteiger partial charge in [-0.15, -0.1) is 11.8 Å². The second-order valence-electron chi connectivity index (χ2n) is 5.48. The van der Waals surface area contributed by atoms with Gasteiger partial charge in [0, 0.05) is 11.0 Å². The van der Waals surface area contributed by atoms with Gasteiger partial charge >= 0.3 is 5.97 Å². The predicted octanol–water partition coefficient (Wildman–Crippen LogP) is 2.08. The fraction of sp³-hybridized carbons (Fsp3) is 0.211. The standard InChI is InChI=1S/C19H20N2O6S/c1-25-13-7-12(8-14(9-13)26-2)19(24)27-10-18(23)21-15-5-3-4-6-16(15)28-11-17(20)22/h3-9H,10-11H2,1-2H3,(H2,20,22)(H,21,23). The normalized spacial score (nSPS) is 10.1. The Labute approximate surface area is 166 Å². The molecule has 2 aromatic rings. The third kappa shape index (κ3) is 6.20. The van der Waals surface area contributed by atoms with Crippen molar-refractivity contribution in [3.05, 3.63) is 48.0 Å². The minimum Gasteiger partial charge on any atom is -0.497 e. The van der Waals surface area contributed by atoms with Crippen LogP contribution >= 0.6 is 11.8 Å². The summed E-state index contributed by atoms with van der Waals surface area (Å²) in [5.41, 5.74) is 5.84. The molecule has 0 aliphatic heterocycles. The molecule has 0 unspecified atom stereocenters. The number of ether oxygens (including phenoxy) is 3. The van der Waals surface area contributed by atoms with Crippen molar-refractivity contribution in [1.29, 1.82) is 0 Å². The molecular weight excluding hydrogens is 384 g/mol. The van der Waals surface area contributed by atoms with Crippen LogP contribution in [0.25, 0.3) is 0 Å². The van der Waals surface area contributed by atoms with E-state index in [1.807, 2.05) is 0 Å². The van der Waals surface area contributed by atoms with Crippen LogP contribution in [0.4, 0.5) is 5.69 Å². The van der Waals surface area contributed by atoms with E-state index in [2.05, 4.69) is 5.32 Å². The number of rotatable bonds is 9. The molecule has 9 heteroatoms. The Hall–Kier alpha value is -3.20. The predicted molar refractivity (Wildman–Crippen MR) is 105 cm³/mol. The summed E-state index contributed by atoms with van der Waals surface area (Å²) in [6.45, 7) is -0.479. The van der Waals surface area contributed by atoms with E-state index < -0.39 is 24.4 Å². The molecular formula is C19H20N2O6S. The number of amides is 2. The number of hydrogen-bond acceptors (Lipinski definition) is 7. The fourth-order valence-corrected chi connectivity index (χ4v) is 2.92. The van der Waals surface area contributed by atoms with Crippen molar-refractivity contribution in [2.75, 3.05) is 31.9 Å². The van der Waals surface area contributed by atoms with Gasteiger partial charge in [-0.2, -0.15) is 0 Å². The van der Waals surface area contributed by atoms with Crippen molar-refractivity contribution in [2.45, 2.75) is 4.90 Å². The minimum absolute atomic E-state index is 0.0829. The maximum atomic E-state index is 12.2. The number of para-hydroxylation sites is 1. The average Bonchev–Trinajstić information content (AvgIpc) is 2.70. The lowest BCUT2D eigenvalue weighted by Crippen LogP contribution is -2.21. The van der Waals surface area contributed by atoms with Gasteiger partial charge in [0.2, 0.25) is 5.91 Å². The summed E-state index contributed by atoms with van der Waals surface area (Å²) in [6, 6.07) is 11.5. The molecule has 0 heterocycles. The highest BCUT2D eigenvalue weighted by Crippen LogP contribution is 2.27. The number of thioether (sulfide) groups is 1. The first kappa shape index (κ1) is 21.1. The quantitative estimate of drug-likeness (QED) is 0.485. The van der Waals surface area contributed by atoms with Gasteiger partial charge in [-0.3, -0.25) is 9.59 Å². The first-order chi connectivity index (χ1) is 13.4. The molecule has 2 amide bonds. The van der Waals surface area contributed by atoms with E-state index >= 15 is 0 Å². The van der Waals surface area contributed by atoms with Gasteiger partial charge in [0.05, 0.1) is 31.2 Å². The zero-order valence-corrected chi connectivity index (χ0v) is 16.2. The second kappa shape index (κ2) is 10.2. The van der Waals surface area contributed by atoms with Crippen molar-refractivity contribution in [3.8, 4) is 11.5 Å². The number of nitrogens with two attached hydrogens (primary N) is 1. The molecule has 0 saturated carbocycles. The van der Waals surface area contributed by atoms with Gasteiger partial charge in [-0.25, -0.2) is 4.79 Å². The summed E-state index contributed by atoms with van der Waals surface area (Å²) in [4.78, 5) is 36.0. The van der Waals surface area contributed by atoms with Gasteiger partial charge in [-0.05, 0) is 24.3 Å². The molecule has 0 fully saturated rings. The Morgan fingerprint density at radius 2 is 1.68 bits per heavy atom. The van der Waals surface area contributed by atoms with Gasteiger partial charge in [0.1, 0.15) is 11.5 Å². The number of carbonyl (C=O) groups excluding carboxylic acids is 3. The van der Waals surface area contributed by atoms with Crippen LogP contribution in [0.2, 0.25) is 0 Å². The van der Waals surface area contributed by atoms with Crippen LogP contribution in [0.15, 0.2) is 47.4 Å². The third-order valence-electron chi connectivity index (χ3n) is 3.45. The number of primary amides is 1. The van der Waals surface area contributed by atoms with Crippen molar-refractivity contribution >= 4 is 35.2 Å². The van der Waals surface area contributed by atoms with Crippen LogP contribution in [0.1, 0.15) is 10.4 Å². The lowest BCUT2D eigenvalue weighted by atomic mass is 10.2. The molecule has 2 rings (SSSR count). The number of methoxy groups -OCH3 is 2. The second-order valence-corrected chi connectivity index (χ2v) is 6.49. The van der Waals surface area contributed by atoms with E-state index in [0.717, 1.165) is 0 Å². The largest absolute Gasteiger partial charge is 0.497 e. The maximum Gasteiger partial charge on any atom is 0.338 e. The van der Waals surface area contributed by atoms with Crippen molar-refractivity contribution < 1.29 is 28.6 Å². The summed E-state index contributed by atoms with van der Waals surface area (Å²) >= 11 is 1.20. The van der Waals surface area contributed by atoms with E-state index in [-0.39, 0.29) is 11.3 Å². The Morgan fingerprint density at radius 3 is 2.29 bits per heavy atom. The highest BCUT2D eigenvalue weighted by molar-refractivity contribution is 8.00. The van der Waals surface area contributed by atoms with Crippen LogP contribution in [0.5, 0.6) is 11.5 Å². The van der Waals surface area contributed by atoms with Crippen LogP contribution in [-0.4, -0.2) is 44.4 Å². The molecule has 0 aromatic heterocycles. The van der Waals surface area contributed by atoms with Gasteiger partial charge in [0.25, 0.3) is 5.91 Å². The third-order valence-corrected chi connectivity index (χ3v) is 4.55. The topological polar surface area (TPSA) is 117 Å². The highest BCUT2D eigenvalue weighted by atomic mass is 32.2. The van der Waals surface area contributed by atoms with E-state index in [0.29, 0.717) is 22.1 Å². The number of hydrogen-bond donors (Lipinski definition) is 2. The fourth-order valence-electron chi connectivity index (χ4n) is 2.17. The molecule has 0 atom stereocenters. The number of esters is 1. The smallest absolute Gasteiger partial charge is 0.338 e. The van der Waals surface area contributed by atoms with E-state index in [1.165, 1.54) is 38.1 Å². The summed E-state index contributed by atoms with van der Waals surface area (Å²) in [6.07, 6.45) is 0. The molecule has 28 heavy (non-hydrogen) atoms. The molecule has 0 aliphatic carbocycles. The first-order valence-corrected chi connectivity index (χ1v) is 9.11. The zero-order valence-electron chi connectivity index (χ0n) is 15.4. The number of carbonyl (C=O) groups is 3. The average molecular weight is 404 g/mol. The Morgan fingerprint density at radius 1 is 1.04 bits per heavy atom. The molecule has 0 aliphatic rings. The summed E-state index contributed by atoms with van der Waals surface area (Å²) < 4.78 is 15.3. The maximum absolute atomic E-state index is 12.2. The Balaban J connectivity index is 1.98. The minimum atomic E-state index is -0.691. The number of benzene rings is 2. The van der Waals surface area contributed by atoms with Crippen molar-refractivity contribution in [3.63, 3.8) is 0 Å². The number of nitrogens with one attached hydrogen (secondary N) is 1. The zero-order chi connectivity index (χ0) is 20.5. The molecule has 0 bridgehead atoms. The summed E-state index contributed by atoms with van der Waals surface area (Å²) in [5.74, 6) is -0.736. The molecule has 0 spiro atoms. The Bertz CT molecular complexity index is 849. The van der Waals surface area contributed by atoms with Crippen molar-refractivity contribution in [1.82, 2.24) is 0 Å². The van der Waals surface area contributed by atoms with Crippen LogP contribution in [0.3, 0.4) is 0 Å². The molecule has 2 aromatic carbocycles. The lowest BCUT2D eigenvalue weighted by molar-refractivity contribution is -0.119. The molecule has 148 valence electrons. The Kier molecular flexibility index (Phi) is 7.70. The van der Waals surface area contributed by atoms with E-state index in [4.69, 9.17) is 19.9 Å². The summed E-state index contributed by atoms with van der Waals surface area (Å²) in [7, 11) is 2.93. The molecule has 0 radical (unpaired) electrons. The van der Waals surface area contributed by atoms with Crippen LogP contribution < -0.4 is 20.5 Å². The van der Waals surface area contributed by atoms with Gasteiger partial charge in [0.15, 0.2) is 6.61 Å². The molecule has 3 N–H and O–H groups in total. The monoisotopic (exact) mass is 404 g/mol. The number of anilines is 1.